The van der Waals surface area contributed by atoms with E-state index in [1.54, 1.807) is 84.9 Å². The number of aryl methyl sites for hydroxylation is 1. The molecule has 64 heavy (non-hydrogen) atoms. The van der Waals surface area contributed by atoms with Crippen molar-refractivity contribution in [2.45, 2.75) is 39.2 Å². The van der Waals surface area contributed by atoms with Gasteiger partial charge in [-0.1, -0.05) is 18.2 Å². The van der Waals surface area contributed by atoms with Crippen LogP contribution >= 0.6 is 11.6 Å². The Bertz CT molecular complexity index is 2510. The number of likely N-dealkylation sites (N-methyl/N-ethyl adjacent to an activating group) is 1. The maximum absolute atomic E-state index is 14.5. The van der Waals surface area contributed by atoms with E-state index in [0.29, 0.717) is 33.7 Å². The lowest BCUT2D eigenvalue weighted by atomic mass is 9.92. The highest BCUT2D eigenvalue weighted by atomic mass is 35.5. The fourth-order valence-electron chi connectivity index (χ4n) is 7.00. The lowest BCUT2D eigenvalue weighted by Crippen LogP contribution is -2.43. The van der Waals surface area contributed by atoms with Gasteiger partial charge in [-0.3, -0.25) is 9.59 Å². The maximum Gasteiger partial charge on any atom is 0.517 e. The molecule has 3 aromatic carbocycles. The Balaban J connectivity index is 1.24. The number of aliphatic hydroxyl groups excluding tert-OH is 1. The molecule has 0 unspecified atom stereocenters. The van der Waals surface area contributed by atoms with Crippen LogP contribution in [0.25, 0.3) is 16.4 Å². The number of aliphatic hydroxyl groups is 1. The Kier molecular flexibility index (Phi) is 15.3. The van der Waals surface area contributed by atoms with Crippen molar-refractivity contribution >= 4 is 69.6 Å². The molecule has 6 rings (SSSR count). The zero-order valence-electron chi connectivity index (χ0n) is 36.4. The van der Waals surface area contributed by atoms with Crippen LogP contribution in [-0.2, 0) is 18.9 Å². The number of methoxy groups -OCH3 is 1. The number of carbonyl (C=O) groups is 5. The second kappa shape index (κ2) is 20.8. The summed E-state index contributed by atoms with van der Waals surface area (Å²) in [6.07, 6.45) is 0.301. The first kappa shape index (κ1) is 47.0. The standard InChI is InChI=1S/C45H51ClN6O12/c1-28-8-7-9-33-36(62-43(57)50(18-20-60-21-19-53)17-16-49(5)42(56)63-44(58)64-45(2,3)4)22-35-39(38(28)33)30(23-46)24-52(35)41(55)34-26-51-25-31(12-15-37(51)48-34)47-40(54)29-10-13-32(14-11-29)61-27-59-6/h7-15,22,25-26,30,53H,16-21,23-24,27H2,1-6H3,(H,47,54)/t30-/m1/s1. The topological polar surface area (TPSA) is 200 Å². The molecule has 4 amide bonds. The van der Waals surface area contributed by atoms with Gasteiger partial charge >= 0.3 is 18.3 Å². The smallest absolute Gasteiger partial charge is 0.468 e. The fraction of sp³-hybridized carbons (Fsp3) is 0.378. The summed E-state index contributed by atoms with van der Waals surface area (Å²) in [5.41, 5.74) is 2.77. The summed E-state index contributed by atoms with van der Waals surface area (Å²) in [5.74, 6) is -0.126. The molecule has 18 nitrogen and oxygen atoms in total. The summed E-state index contributed by atoms with van der Waals surface area (Å²) < 4.78 is 33.4. The van der Waals surface area contributed by atoms with Crippen LogP contribution in [0.1, 0.15) is 58.7 Å². The summed E-state index contributed by atoms with van der Waals surface area (Å²) in [5, 5.41) is 13.5. The number of nitrogens with one attached hydrogen (secondary N) is 1. The molecule has 3 heterocycles. The Morgan fingerprint density at radius 2 is 1.73 bits per heavy atom. The van der Waals surface area contributed by atoms with Gasteiger partial charge < -0.3 is 57.9 Å². The first-order chi connectivity index (χ1) is 30.6. The highest BCUT2D eigenvalue weighted by molar-refractivity contribution is 6.19. The summed E-state index contributed by atoms with van der Waals surface area (Å²) >= 11 is 6.59. The third-order valence-electron chi connectivity index (χ3n) is 10.0. The number of alkyl halides is 1. The van der Waals surface area contributed by atoms with Crippen LogP contribution in [0.3, 0.4) is 0 Å². The van der Waals surface area contributed by atoms with Crippen LogP contribution in [-0.4, -0.2) is 133 Å². The van der Waals surface area contributed by atoms with Gasteiger partial charge in [0.15, 0.2) is 6.79 Å². The van der Waals surface area contributed by atoms with Crippen LogP contribution in [0.2, 0.25) is 0 Å². The number of carbonyl (C=O) groups excluding carboxylic acids is 5. The van der Waals surface area contributed by atoms with Gasteiger partial charge in [0.05, 0.1) is 31.2 Å². The summed E-state index contributed by atoms with van der Waals surface area (Å²) in [6.45, 7) is 6.88. The number of aromatic nitrogens is 2. The van der Waals surface area contributed by atoms with Crippen LogP contribution in [0.5, 0.6) is 11.5 Å². The molecular weight excluding hydrogens is 852 g/mol. The van der Waals surface area contributed by atoms with Gasteiger partial charge in [0.25, 0.3) is 11.8 Å². The van der Waals surface area contributed by atoms with Crippen molar-refractivity contribution < 1.29 is 57.5 Å². The molecule has 2 N–H and O–H groups in total. The van der Waals surface area contributed by atoms with E-state index < -0.39 is 29.9 Å². The number of fused-ring (bicyclic) bond motifs is 4. The molecule has 1 aliphatic heterocycles. The molecule has 0 bridgehead atoms. The Hall–Kier alpha value is -6.47. The third kappa shape index (κ3) is 11.4. The van der Waals surface area contributed by atoms with Crippen molar-refractivity contribution in [3.63, 3.8) is 0 Å². The number of ether oxygens (including phenoxy) is 6. The lowest BCUT2D eigenvalue weighted by Gasteiger charge is -2.26. The van der Waals surface area contributed by atoms with Crippen molar-refractivity contribution in [1.29, 1.82) is 0 Å². The molecule has 0 aliphatic carbocycles. The number of amides is 4. The molecule has 0 fully saturated rings. The number of rotatable bonds is 16. The number of hydrogen-bond acceptors (Lipinski definition) is 13. The maximum atomic E-state index is 14.5. The number of imidazole rings is 1. The Morgan fingerprint density at radius 3 is 2.44 bits per heavy atom. The molecular formula is C45H51ClN6O12. The van der Waals surface area contributed by atoms with E-state index in [-0.39, 0.29) is 81.9 Å². The molecule has 0 saturated heterocycles. The van der Waals surface area contributed by atoms with Gasteiger partial charge in [-0.15, -0.1) is 11.6 Å². The summed E-state index contributed by atoms with van der Waals surface area (Å²) in [6, 6.07) is 17.2. The average Bonchev–Trinajstić information content (AvgIpc) is 3.86. The number of hydrogen-bond donors (Lipinski definition) is 2. The van der Waals surface area contributed by atoms with Gasteiger partial charge in [-0.2, -0.15) is 0 Å². The van der Waals surface area contributed by atoms with Gasteiger partial charge in [0, 0.05) is 81.5 Å². The van der Waals surface area contributed by atoms with Crippen LogP contribution in [0, 0.1) is 6.92 Å². The predicted molar refractivity (Wildman–Crippen MR) is 237 cm³/mol. The van der Waals surface area contributed by atoms with Crippen molar-refractivity contribution in [2.75, 3.05) is 83.0 Å². The van der Waals surface area contributed by atoms with E-state index in [0.717, 1.165) is 21.4 Å². The number of nitrogens with zero attached hydrogens (tertiary/aromatic N) is 5. The van der Waals surface area contributed by atoms with Crippen molar-refractivity contribution in [1.82, 2.24) is 19.2 Å². The average molecular weight is 903 g/mol. The predicted octanol–water partition coefficient (Wildman–Crippen LogP) is 6.83. The highest BCUT2D eigenvalue weighted by Crippen LogP contribution is 2.47. The second-order valence-electron chi connectivity index (χ2n) is 15.9. The molecule has 5 aromatic rings. The van der Waals surface area contributed by atoms with E-state index in [1.807, 2.05) is 25.1 Å². The van der Waals surface area contributed by atoms with Crippen LogP contribution in [0.15, 0.2) is 73.1 Å². The summed E-state index contributed by atoms with van der Waals surface area (Å²) in [4.78, 5) is 74.9. The minimum absolute atomic E-state index is 0.0196. The number of anilines is 2. The first-order valence-corrected chi connectivity index (χ1v) is 20.9. The zero-order chi connectivity index (χ0) is 46.1. The molecule has 0 saturated carbocycles. The van der Waals surface area contributed by atoms with E-state index >= 15 is 0 Å². The normalized spacial score (nSPS) is 13.4. The monoisotopic (exact) mass is 902 g/mol. The van der Waals surface area contributed by atoms with Gasteiger partial charge in [0.1, 0.15) is 28.4 Å². The zero-order valence-corrected chi connectivity index (χ0v) is 37.2. The number of benzene rings is 3. The molecule has 19 heteroatoms. The van der Waals surface area contributed by atoms with Gasteiger partial charge in [0.2, 0.25) is 0 Å². The molecule has 0 spiro atoms. The van der Waals surface area contributed by atoms with Crippen molar-refractivity contribution in [3.8, 4) is 11.5 Å². The minimum Gasteiger partial charge on any atom is -0.468 e. The van der Waals surface area contributed by atoms with Gasteiger partial charge in [-0.25, -0.2) is 19.4 Å². The Morgan fingerprint density at radius 1 is 0.969 bits per heavy atom. The van der Waals surface area contributed by atoms with E-state index in [9.17, 15) is 29.1 Å². The Labute approximate surface area is 374 Å². The molecule has 2 aromatic heterocycles. The van der Waals surface area contributed by atoms with Gasteiger partial charge in [-0.05, 0) is 80.6 Å². The van der Waals surface area contributed by atoms with E-state index in [4.69, 9.17) is 40.0 Å². The SMILES string of the molecule is COCOc1ccc(C(=O)Nc2ccc3nc(C(=O)N4C[C@@H](CCl)c5c4cc(OC(=O)N(CCOCCO)CCN(C)C(=O)OC(=O)OC(C)(C)C)c4cccc(C)c54)cn3c2)cc1. The van der Waals surface area contributed by atoms with Crippen molar-refractivity contribution in [2.24, 2.45) is 0 Å². The van der Waals surface area contributed by atoms with Crippen LogP contribution in [0.4, 0.5) is 25.8 Å². The molecule has 1 aliphatic rings. The fourth-order valence-corrected chi connectivity index (χ4v) is 7.26. The second-order valence-corrected chi connectivity index (χ2v) is 16.2. The molecule has 340 valence electrons. The minimum atomic E-state index is -1.16. The lowest BCUT2D eigenvalue weighted by molar-refractivity contribution is 0.00337. The van der Waals surface area contributed by atoms with E-state index in [1.165, 1.54) is 19.1 Å². The number of pyridine rings is 1. The molecule has 0 radical (unpaired) electrons. The van der Waals surface area contributed by atoms with E-state index in [2.05, 4.69) is 10.3 Å². The quantitative estimate of drug-likeness (QED) is 0.0344. The largest absolute Gasteiger partial charge is 0.517 e. The first-order valence-electron chi connectivity index (χ1n) is 20.4. The number of halogens is 1. The highest BCUT2D eigenvalue weighted by Gasteiger charge is 2.37. The third-order valence-corrected chi connectivity index (χ3v) is 10.4. The van der Waals surface area contributed by atoms with Crippen molar-refractivity contribution in [3.05, 3.63) is 95.4 Å². The molecule has 1 atom stereocenters. The van der Waals surface area contributed by atoms with Crippen LogP contribution < -0.4 is 19.7 Å². The summed E-state index contributed by atoms with van der Waals surface area (Å²) in [7, 11) is 2.92.